The van der Waals surface area contributed by atoms with E-state index in [1.807, 2.05) is 29.6 Å². The van der Waals surface area contributed by atoms with E-state index in [1.54, 1.807) is 11.3 Å². The van der Waals surface area contributed by atoms with Crippen LogP contribution in [0, 0.1) is 15.4 Å². The molecule has 0 N–H and O–H groups in total. The molecule has 2 rings (SSSR count). The monoisotopic (exact) mass is 354 g/mol. The van der Waals surface area contributed by atoms with Gasteiger partial charge in [-0.05, 0) is 45.7 Å². The van der Waals surface area contributed by atoms with Crippen LogP contribution in [0.1, 0.15) is 10.4 Å². The van der Waals surface area contributed by atoms with E-state index in [1.165, 1.54) is 9.13 Å². The van der Waals surface area contributed by atoms with Crippen molar-refractivity contribution in [2.45, 2.75) is 6.61 Å². The molecule has 2 aromatic rings. The van der Waals surface area contributed by atoms with Crippen molar-refractivity contribution in [3.05, 3.63) is 55.8 Å². The quantitative estimate of drug-likeness (QED) is 0.461. The number of rotatable bonds is 3. The molecule has 0 fully saturated rings. The van der Waals surface area contributed by atoms with Crippen LogP contribution in [0.2, 0.25) is 0 Å². The number of ether oxygens (including phenoxy) is 1. The fourth-order valence-corrected chi connectivity index (χ4v) is 2.44. The van der Waals surface area contributed by atoms with Gasteiger partial charge >= 0.3 is 0 Å². The lowest BCUT2D eigenvalue weighted by Crippen LogP contribution is -1.95. The lowest BCUT2D eigenvalue weighted by Gasteiger charge is -2.02. The van der Waals surface area contributed by atoms with E-state index in [2.05, 4.69) is 46.6 Å². The van der Waals surface area contributed by atoms with Gasteiger partial charge in [-0.1, -0.05) is 36.1 Å². The summed E-state index contributed by atoms with van der Waals surface area (Å²) in [5.74, 6) is 6.08. The maximum atomic E-state index is 5.53. The Morgan fingerprint density at radius 2 is 2.06 bits per heavy atom. The average Bonchev–Trinajstić information content (AvgIpc) is 2.84. The summed E-state index contributed by atoms with van der Waals surface area (Å²) in [5.41, 5.74) is 1.21. The van der Waals surface area contributed by atoms with Gasteiger partial charge in [0.2, 0.25) is 0 Å². The molecule has 1 aromatic carbocycles. The van der Waals surface area contributed by atoms with Gasteiger partial charge in [0, 0.05) is 3.57 Å². The van der Waals surface area contributed by atoms with Gasteiger partial charge in [-0.25, -0.2) is 0 Å². The van der Waals surface area contributed by atoms with Crippen LogP contribution in [0.15, 0.2) is 41.8 Å². The summed E-state index contributed by atoms with van der Waals surface area (Å²) in [6, 6.07) is 12.2. The Labute approximate surface area is 119 Å². The van der Waals surface area contributed by atoms with Crippen molar-refractivity contribution in [1.29, 1.82) is 0 Å². The molecule has 3 heteroatoms. The molecule has 0 spiro atoms. The van der Waals surface area contributed by atoms with Crippen molar-refractivity contribution in [3.8, 4) is 11.8 Å². The molecule has 0 aliphatic rings. The second kappa shape index (κ2) is 6.80. The van der Waals surface area contributed by atoms with Crippen LogP contribution in [0.4, 0.5) is 0 Å². The van der Waals surface area contributed by atoms with Gasteiger partial charge in [-0.3, -0.25) is 0 Å². The van der Waals surface area contributed by atoms with Crippen molar-refractivity contribution in [2.75, 3.05) is 6.61 Å². The van der Waals surface area contributed by atoms with Crippen molar-refractivity contribution >= 4 is 33.9 Å². The second-order valence-corrected chi connectivity index (χ2v) is 5.47. The molecule has 0 bridgehead atoms. The Hall–Kier alpha value is -0.830. The molecular formula is C14H11IOS. The van der Waals surface area contributed by atoms with E-state index in [4.69, 9.17) is 4.74 Å². The number of benzene rings is 1. The lowest BCUT2D eigenvalue weighted by molar-refractivity contribution is 0.153. The van der Waals surface area contributed by atoms with E-state index < -0.39 is 0 Å². The molecule has 86 valence electrons. The molecule has 0 atom stereocenters. The molecule has 1 nitrogen and oxygen atoms in total. The molecule has 0 radical (unpaired) electrons. The van der Waals surface area contributed by atoms with E-state index >= 15 is 0 Å². The first kappa shape index (κ1) is 12.6. The van der Waals surface area contributed by atoms with Crippen LogP contribution in [0.3, 0.4) is 0 Å². The van der Waals surface area contributed by atoms with Crippen molar-refractivity contribution in [1.82, 2.24) is 0 Å². The standard InChI is InChI=1S/C14H11IOS/c15-14-8-2-1-5-12(14)11-16-9-3-6-13-7-4-10-17-13/h1-2,4-5,7-8,10H,9,11H2. The Kier molecular flexibility index (Phi) is 5.05. The molecule has 0 amide bonds. The first-order valence-electron chi connectivity index (χ1n) is 5.20. The van der Waals surface area contributed by atoms with Crippen molar-refractivity contribution in [3.63, 3.8) is 0 Å². The molecule has 0 saturated carbocycles. The van der Waals surface area contributed by atoms with Crippen LogP contribution < -0.4 is 0 Å². The minimum Gasteiger partial charge on any atom is -0.364 e. The molecule has 1 heterocycles. The summed E-state index contributed by atoms with van der Waals surface area (Å²) in [5, 5.41) is 2.02. The highest BCUT2D eigenvalue weighted by atomic mass is 127. The fourth-order valence-electron chi connectivity index (χ4n) is 1.30. The maximum absolute atomic E-state index is 5.53. The molecule has 17 heavy (non-hydrogen) atoms. The highest BCUT2D eigenvalue weighted by Crippen LogP contribution is 2.12. The van der Waals surface area contributed by atoms with Gasteiger partial charge in [-0.2, -0.15) is 0 Å². The van der Waals surface area contributed by atoms with Crippen LogP contribution in [-0.4, -0.2) is 6.61 Å². The fraction of sp³-hybridized carbons (Fsp3) is 0.143. The average molecular weight is 354 g/mol. The van der Waals surface area contributed by atoms with Crippen molar-refractivity contribution < 1.29 is 4.74 Å². The number of halogens is 1. The minimum absolute atomic E-state index is 0.475. The van der Waals surface area contributed by atoms with Crippen LogP contribution in [0.5, 0.6) is 0 Å². The third-order valence-corrected chi connectivity index (χ3v) is 3.96. The predicted molar refractivity (Wildman–Crippen MR) is 80.0 cm³/mol. The zero-order valence-corrected chi connectivity index (χ0v) is 12.1. The first-order valence-corrected chi connectivity index (χ1v) is 7.15. The number of thiophene rings is 1. The molecular weight excluding hydrogens is 343 g/mol. The summed E-state index contributed by atoms with van der Waals surface area (Å²) in [7, 11) is 0. The van der Waals surface area contributed by atoms with Gasteiger partial charge in [0.1, 0.15) is 6.61 Å². The molecule has 0 aliphatic carbocycles. The highest BCUT2D eigenvalue weighted by Gasteiger charge is 1.96. The highest BCUT2D eigenvalue weighted by molar-refractivity contribution is 14.1. The molecule has 1 aromatic heterocycles. The molecule has 0 aliphatic heterocycles. The summed E-state index contributed by atoms with van der Waals surface area (Å²) in [6.07, 6.45) is 0. The second-order valence-electron chi connectivity index (χ2n) is 3.36. The van der Waals surface area contributed by atoms with E-state index in [-0.39, 0.29) is 0 Å². The van der Waals surface area contributed by atoms with Gasteiger partial charge < -0.3 is 4.74 Å². The van der Waals surface area contributed by atoms with E-state index in [0.29, 0.717) is 13.2 Å². The van der Waals surface area contributed by atoms with Crippen LogP contribution in [0.25, 0.3) is 0 Å². The lowest BCUT2D eigenvalue weighted by atomic mass is 10.2. The topological polar surface area (TPSA) is 9.23 Å². The SMILES string of the molecule is Ic1ccccc1COCC#Cc1cccs1. The summed E-state index contributed by atoms with van der Waals surface area (Å²) in [4.78, 5) is 1.09. The van der Waals surface area contributed by atoms with E-state index in [9.17, 15) is 0 Å². The zero-order valence-electron chi connectivity index (χ0n) is 9.15. The number of hydrogen-bond acceptors (Lipinski definition) is 2. The van der Waals surface area contributed by atoms with Crippen LogP contribution in [-0.2, 0) is 11.3 Å². The predicted octanol–water partition coefficient (Wildman–Crippen LogP) is 3.92. The summed E-state index contributed by atoms with van der Waals surface area (Å²) >= 11 is 3.96. The maximum Gasteiger partial charge on any atom is 0.108 e. The Bertz CT molecular complexity index is 523. The molecule has 0 unspecified atom stereocenters. The minimum atomic E-state index is 0.475. The number of hydrogen-bond donors (Lipinski definition) is 0. The van der Waals surface area contributed by atoms with Gasteiger partial charge in [0.05, 0.1) is 11.5 Å². The first-order chi connectivity index (χ1) is 8.36. The summed E-state index contributed by atoms with van der Waals surface area (Å²) < 4.78 is 6.76. The Morgan fingerprint density at radius 1 is 1.18 bits per heavy atom. The van der Waals surface area contributed by atoms with E-state index in [0.717, 1.165) is 4.88 Å². The normalized spacial score (nSPS) is 9.71. The van der Waals surface area contributed by atoms with Gasteiger partial charge in [-0.15, -0.1) is 11.3 Å². The smallest absolute Gasteiger partial charge is 0.108 e. The Balaban J connectivity index is 1.79. The van der Waals surface area contributed by atoms with Crippen molar-refractivity contribution in [2.24, 2.45) is 0 Å². The van der Waals surface area contributed by atoms with Gasteiger partial charge in [0.15, 0.2) is 0 Å². The van der Waals surface area contributed by atoms with Gasteiger partial charge in [0.25, 0.3) is 0 Å². The largest absolute Gasteiger partial charge is 0.364 e. The molecule has 0 saturated heterocycles. The Morgan fingerprint density at radius 3 is 2.82 bits per heavy atom. The van der Waals surface area contributed by atoms with Crippen LogP contribution >= 0.6 is 33.9 Å². The summed E-state index contributed by atoms with van der Waals surface area (Å²) in [6.45, 7) is 1.10. The zero-order chi connectivity index (χ0) is 11.9. The third kappa shape index (κ3) is 4.15. The third-order valence-electron chi connectivity index (χ3n) is 2.12.